The van der Waals surface area contributed by atoms with Crippen LogP contribution in [0.5, 0.6) is 0 Å². The molecule has 0 amide bonds. The van der Waals surface area contributed by atoms with Crippen LogP contribution in [-0.4, -0.2) is 9.97 Å². The maximum Gasteiger partial charge on any atom is 0.176 e. The molecule has 0 saturated carbocycles. The van der Waals surface area contributed by atoms with Gasteiger partial charge in [-0.05, 0) is 30.7 Å². The van der Waals surface area contributed by atoms with Crippen molar-refractivity contribution in [1.82, 2.24) is 9.97 Å². The summed E-state index contributed by atoms with van der Waals surface area (Å²) in [6, 6.07) is 6.60. The second kappa shape index (κ2) is 4.07. The number of pyridine rings is 2. The molecule has 0 bridgehead atoms. The zero-order valence-corrected chi connectivity index (χ0v) is 8.61. The highest BCUT2D eigenvalue weighted by molar-refractivity contribution is 5.62. The van der Waals surface area contributed by atoms with Crippen LogP contribution >= 0.6 is 0 Å². The lowest BCUT2D eigenvalue weighted by molar-refractivity contribution is 0.617. The number of nitrogens with zero attached hydrogens (tertiary/aromatic N) is 3. The number of hydrogen-bond donors (Lipinski definition) is 0. The first-order valence-electron chi connectivity index (χ1n) is 4.69. The van der Waals surface area contributed by atoms with Gasteiger partial charge in [0.25, 0.3) is 0 Å². The Hall–Kier alpha value is -2.28. The minimum absolute atomic E-state index is 0.186. The first kappa shape index (κ1) is 10.2. The van der Waals surface area contributed by atoms with Gasteiger partial charge in [0.1, 0.15) is 6.07 Å². The van der Waals surface area contributed by atoms with Crippen molar-refractivity contribution in [2.24, 2.45) is 0 Å². The monoisotopic (exact) mass is 213 g/mol. The summed E-state index contributed by atoms with van der Waals surface area (Å²) >= 11 is 0. The van der Waals surface area contributed by atoms with Gasteiger partial charge in [0, 0.05) is 23.7 Å². The fourth-order valence-electron chi connectivity index (χ4n) is 1.40. The van der Waals surface area contributed by atoms with Crippen molar-refractivity contribution < 1.29 is 4.39 Å². The van der Waals surface area contributed by atoms with Crippen molar-refractivity contribution in [1.29, 1.82) is 5.26 Å². The number of rotatable bonds is 1. The normalized spacial score (nSPS) is 9.81. The summed E-state index contributed by atoms with van der Waals surface area (Å²) < 4.78 is 13.3. The van der Waals surface area contributed by atoms with Crippen LogP contribution in [0.2, 0.25) is 0 Å². The van der Waals surface area contributed by atoms with E-state index in [1.54, 1.807) is 18.3 Å². The van der Waals surface area contributed by atoms with Crippen LogP contribution in [0.4, 0.5) is 4.39 Å². The molecule has 0 aliphatic carbocycles. The Bertz CT molecular complexity index is 573. The smallest absolute Gasteiger partial charge is 0.176 e. The lowest BCUT2D eigenvalue weighted by atomic mass is 10.1. The molecule has 0 saturated heterocycles. The zero-order chi connectivity index (χ0) is 11.5. The molecule has 2 aromatic heterocycles. The highest BCUT2D eigenvalue weighted by Gasteiger charge is 2.05. The van der Waals surface area contributed by atoms with Crippen molar-refractivity contribution in [2.75, 3.05) is 0 Å². The van der Waals surface area contributed by atoms with Crippen molar-refractivity contribution in [3.05, 3.63) is 47.8 Å². The van der Waals surface area contributed by atoms with Crippen LogP contribution in [0.15, 0.2) is 30.6 Å². The molecule has 78 valence electrons. The molecule has 0 radical (unpaired) electrons. The van der Waals surface area contributed by atoms with E-state index >= 15 is 0 Å². The average Bonchev–Trinajstić information content (AvgIpc) is 2.29. The van der Waals surface area contributed by atoms with E-state index in [1.165, 1.54) is 12.3 Å². The topological polar surface area (TPSA) is 49.6 Å². The summed E-state index contributed by atoms with van der Waals surface area (Å²) in [5.74, 6) is -0.602. The molecule has 0 aliphatic rings. The summed E-state index contributed by atoms with van der Waals surface area (Å²) in [6.07, 6.45) is 3.14. The third kappa shape index (κ3) is 1.89. The Morgan fingerprint density at radius 2 is 2.06 bits per heavy atom. The van der Waals surface area contributed by atoms with E-state index in [2.05, 4.69) is 9.97 Å². The van der Waals surface area contributed by atoms with E-state index < -0.39 is 5.82 Å². The molecule has 2 aromatic rings. The van der Waals surface area contributed by atoms with Crippen LogP contribution in [0.3, 0.4) is 0 Å². The molecule has 0 unspecified atom stereocenters. The number of aryl methyl sites for hydroxylation is 1. The maximum atomic E-state index is 13.3. The number of nitriles is 1. The Morgan fingerprint density at radius 3 is 2.69 bits per heavy atom. The van der Waals surface area contributed by atoms with Gasteiger partial charge in [-0.2, -0.15) is 5.26 Å². The molecule has 0 fully saturated rings. The van der Waals surface area contributed by atoms with Crippen LogP contribution in [0, 0.1) is 24.1 Å². The Kier molecular flexibility index (Phi) is 2.61. The molecule has 0 aromatic carbocycles. The van der Waals surface area contributed by atoms with E-state index in [4.69, 9.17) is 5.26 Å². The summed E-state index contributed by atoms with van der Waals surface area (Å²) in [5.41, 5.74) is 2.14. The lowest BCUT2D eigenvalue weighted by Gasteiger charge is -2.02. The average molecular weight is 213 g/mol. The van der Waals surface area contributed by atoms with Crippen molar-refractivity contribution >= 4 is 0 Å². The predicted octanol–water partition coefficient (Wildman–Crippen LogP) is 2.46. The molecular formula is C12H8FN3. The summed E-state index contributed by atoms with van der Waals surface area (Å²) in [5, 5.41) is 8.56. The molecule has 2 rings (SSSR count). The van der Waals surface area contributed by atoms with Gasteiger partial charge in [-0.3, -0.25) is 4.98 Å². The van der Waals surface area contributed by atoms with Crippen LogP contribution < -0.4 is 0 Å². The van der Waals surface area contributed by atoms with E-state index in [1.807, 2.05) is 13.0 Å². The standard InChI is InChI=1S/C12H8FN3/c1-8-4-9(2-3-15-8)10-5-11(13)12(6-14)16-7-10/h2-5,7H,1H3. The molecular weight excluding hydrogens is 205 g/mol. The zero-order valence-electron chi connectivity index (χ0n) is 8.61. The molecule has 0 aliphatic heterocycles. The van der Waals surface area contributed by atoms with Gasteiger partial charge in [0.05, 0.1) is 0 Å². The highest BCUT2D eigenvalue weighted by Crippen LogP contribution is 2.20. The third-order valence-corrected chi connectivity index (χ3v) is 2.18. The van der Waals surface area contributed by atoms with Gasteiger partial charge in [-0.1, -0.05) is 0 Å². The summed E-state index contributed by atoms with van der Waals surface area (Å²) in [6.45, 7) is 1.86. The summed E-state index contributed by atoms with van der Waals surface area (Å²) in [7, 11) is 0. The lowest BCUT2D eigenvalue weighted by Crippen LogP contribution is -1.91. The number of aromatic nitrogens is 2. The minimum Gasteiger partial charge on any atom is -0.262 e. The maximum absolute atomic E-state index is 13.3. The largest absolute Gasteiger partial charge is 0.262 e. The minimum atomic E-state index is -0.602. The Morgan fingerprint density at radius 1 is 1.25 bits per heavy atom. The Labute approximate surface area is 92.2 Å². The fourth-order valence-corrected chi connectivity index (χ4v) is 1.40. The first-order valence-corrected chi connectivity index (χ1v) is 4.69. The number of hydrogen-bond acceptors (Lipinski definition) is 3. The van der Waals surface area contributed by atoms with E-state index in [9.17, 15) is 4.39 Å². The Balaban J connectivity index is 2.50. The number of halogens is 1. The van der Waals surface area contributed by atoms with Crippen LogP contribution in [0.1, 0.15) is 11.4 Å². The van der Waals surface area contributed by atoms with Crippen LogP contribution in [0.25, 0.3) is 11.1 Å². The molecule has 0 atom stereocenters. The molecule has 2 heterocycles. The van der Waals surface area contributed by atoms with Crippen molar-refractivity contribution in [2.45, 2.75) is 6.92 Å². The summed E-state index contributed by atoms with van der Waals surface area (Å²) in [4.78, 5) is 7.80. The molecule has 16 heavy (non-hydrogen) atoms. The fraction of sp³-hybridized carbons (Fsp3) is 0.0833. The van der Waals surface area contributed by atoms with Gasteiger partial charge in [-0.25, -0.2) is 9.37 Å². The van der Waals surface area contributed by atoms with E-state index in [-0.39, 0.29) is 5.69 Å². The first-order chi connectivity index (χ1) is 7.70. The second-order valence-corrected chi connectivity index (χ2v) is 3.35. The van der Waals surface area contributed by atoms with Gasteiger partial charge in [0.15, 0.2) is 11.5 Å². The van der Waals surface area contributed by atoms with Gasteiger partial charge in [0.2, 0.25) is 0 Å². The quantitative estimate of drug-likeness (QED) is 0.731. The predicted molar refractivity (Wildman–Crippen MR) is 56.9 cm³/mol. The van der Waals surface area contributed by atoms with Crippen molar-refractivity contribution in [3.8, 4) is 17.2 Å². The second-order valence-electron chi connectivity index (χ2n) is 3.35. The SMILES string of the molecule is Cc1cc(-c2cnc(C#N)c(F)c2)ccn1. The van der Waals surface area contributed by atoms with Crippen LogP contribution in [-0.2, 0) is 0 Å². The molecule has 0 spiro atoms. The molecule has 4 heteroatoms. The molecule has 3 nitrogen and oxygen atoms in total. The van der Waals surface area contributed by atoms with Crippen molar-refractivity contribution in [3.63, 3.8) is 0 Å². The highest BCUT2D eigenvalue weighted by atomic mass is 19.1. The van der Waals surface area contributed by atoms with E-state index in [0.29, 0.717) is 5.56 Å². The van der Waals surface area contributed by atoms with Gasteiger partial charge in [-0.15, -0.1) is 0 Å². The van der Waals surface area contributed by atoms with Gasteiger partial charge < -0.3 is 0 Å². The third-order valence-electron chi connectivity index (χ3n) is 2.18. The molecule has 0 N–H and O–H groups in total. The van der Waals surface area contributed by atoms with Gasteiger partial charge >= 0.3 is 0 Å². The van der Waals surface area contributed by atoms with E-state index in [0.717, 1.165) is 11.3 Å².